The summed E-state index contributed by atoms with van der Waals surface area (Å²) in [7, 11) is 1.97. The normalized spacial score (nSPS) is 19.9. The number of hydrogen-bond donors (Lipinski definition) is 1. The van der Waals surface area contributed by atoms with Gasteiger partial charge in [-0.1, -0.05) is 25.7 Å². The molecule has 0 saturated heterocycles. The number of hydrogen-bond acceptors (Lipinski definition) is 2. The van der Waals surface area contributed by atoms with Gasteiger partial charge in [0.25, 0.3) is 0 Å². The van der Waals surface area contributed by atoms with Crippen molar-refractivity contribution in [3.63, 3.8) is 0 Å². The van der Waals surface area contributed by atoms with Crippen molar-refractivity contribution in [2.75, 3.05) is 20.3 Å². The topological polar surface area (TPSA) is 23.5 Å². The Hall–Kier alpha value is -0.0800. The van der Waals surface area contributed by atoms with Crippen LogP contribution in [-0.2, 0) is 0 Å². The van der Waals surface area contributed by atoms with Crippen molar-refractivity contribution in [2.24, 2.45) is 5.92 Å². The SMILES string of the molecule is CN(CO)CCC1CCCC1. The van der Waals surface area contributed by atoms with Crippen LogP contribution in [0.25, 0.3) is 0 Å². The first-order chi connectivity index (χ1) is 5.33. The quantitative estimate of drug-likeness (QED) is 0.624. The van der Waals surface area contributed by atoms with Crippen LogP contribution in [0.5, 0.6) is 0 Å². The van der Waals surface area contributed by atoms with E-state index in [9.17, 15) is 0 Å². The summed E-state index contributed by atoms with van der Waals surface area (Å²) in [5, 5.41) is 8.73. The molecule has 0 atom stereocenters. The molecule has 11 heavy (non-hydrogen) atoms. The summed E-state index contributed by atoms with van der Waals surface area (Å²) in [4.78, 5) is 1.97. The molecule has 1 N–H and O–H groups in total. The van der Waals surface area contributed by atoms with E-state index in [4.69, 9.17) is 5.11 Å². The van der Waals surface area contributed by atoms with E-state index in [1.807, 2.05) is 11.9 Å². The Kier molecular flexibility index (Phi) is 3.87. The fourth-order valence-corrected chi connectivity index (χ4v) is 1.77. The lowest BCUT2D eigenvalue weighted by molar-refractivity contribution is 0.126. The molecular formula is C9H19NO. The minimum Gasteiger partial charge on any atom is -0.381 e. The van der Waals surface area contributed by atoms with Crippen molar-refractivity contribution in [3.8, 4) is 0 Å². The average molecular weight is 157 g/mol. The second-order valence-corrected chi connectivity index (χ2v) is 3.66. The van der Waals surface area contributed by atoms with Gasteiger partial charge in [0.2, 0.25) is 0 Å². The Labute approximate surface area is 69.2 Å². The van der Waals surface area contributed by atoms with Gasteiger partial charge < -0.3 is 5.11 Å². The molecule has 1 aliphatic rings. The summed E-state index contributed by atoms with van der Waals surface area (Å²) in [5.74, 6) is 0.948. The van der Waals surface area contributed by atoms with Crippen LogP contribution in [-0.4, -0.2) is 30.3 Å². The largest absolute Gasteiger partial charge is 0.381 e. The third-order valence-electron chi connectivity index (χ3n) is 2.64. The molecule has 0 radical (unpaired) electrons. The molecule has 1 aliphatic carbocycles. The highest BCUT2D eigenvalue weighted by molar-refractivity contribution is 4.67. The van der Waals surface area contributed by atoms with Crippen molar-refractivity contribution in [1.82, 2.24) is 4.90 Å². The van der Waals surface area contributed by atoms with E-state index in [0.29, 0.717) is 0 Å². The number of nitrogens with zero attached hydrogens (tertiary/aromatic N) is 1. The van der Waals surface area contributed by atoms with Gasteiger partial charge in [0.15, 0.2) is 0 Å². The zero-order chi connectivity index (χ0) is 8.10. The van der Waals surface area contributed by atoms with Crippen LogP contribution in [0.15, 0.2) is 0 Å². The Bertz CT molecular complexity index is 99.7. The minimum atomic E-state index is 0.201. The lowest BCUT2D eigenvalue weighted by Crippen LogP contribution is -2.21. The molecule has 1 rings (SSSR count). The van der Waals surface area contributed by atoms with E-state index in [0.717, 1.165) is 12.5 Å². The van der Waals surface area contributed by atoms with E-state index in [1.54, 1.807) is 0 Å². The van der Waals surface area contributed by atoms with Crippen molar-refractivity contribution in [1.29, 1.82) is 0 Å². The number of aliphatic hydroxyl groups excluding tert-OH is 1. The van der Waals surface area contributed by atoms with Crippen LogP contribution >= 0.6 is 0 Å². The fourth-order valence-electron chi connectivity index (χ4n) is 1.77. The Morgan fingerprint density at radius 1 is 1.36 bits per heavy atom. The van der Waals surface area contributed by atoms with Crippen molar-refractivity contribution in [3.05, 3.63) is 0 Å². The lowest BCUT2D eigenvalue weighted by atomic mass is 10.0. The standard InChI is InChI=1S/C9H19NO/c1-10(8-11)7-6-9-4-2-3-5-9/h9,11H,2-8H2,1H3. The molecule has 66 valence electrons. The summed E-state index contributed by atoms with van der Waals surface area (Å²) in [6.07, 6.45) is 6.95. The average Bonchev–Trinajstić information content (AvgIpc) is 2.52. The summed E-state index contributed by atoms with van der Waals surface area (Å²) >= 11 is 0. The van der Waals surface area contributed by atoms with Gasteiger partial charge in [0, 0.05) is 6.54 Å². The smallest absolute Gasteiger partial charge is 0.0954 e. The molecule has 0 aromatic rings. The predicted octanol–water partition coefficient (Wildman–Crippen LogP) is 1.45. The van der Waals surface area contributed by atoms with Gasteiger partial charge in [-0.15, -0.1) is 0 Å². The summed E-state index contributed by atoms with van der Waals surface area (Å²) in [6.45, 7) is 1.26. The maximum atomic E-state index is 8.73. The van der Waals surface area contributed by atoms with Crippen molar-refractivity contribution in [2.45, 2.75) is 32.1 Å². The van der Waals surface area contributed by atoms with E-state index >= 15 is 0 Å². The second kappa shape index (κ2) is 4.73. The second-order valence-electron chi connectivity index (χ2n) is 3.66. The number of rotatable bonds is 4. The third-order valence-corrected chi connectivity index (χ3v) is 2.64. The Morgan fingerprint density at radius 3 is 2.55 bits per heavy atom. The van der Waals surface area contributed by atoms with Crippen LogP contribution in [0, 0.1) is 5.92 Å². The fraction of sp³-hybridized carbons (Fsp3) is 1.00. The molecule has 0 unspecified atom stereocenters. The van der Waals surface area contributed by atoms with Crippen LogP contribution in [0.3, 0.4) is 0 Å². The highest BCUT2D eigenvalue weighted by Gasteiger charge is 2.14. The highest BCUT2D eigenvalue weighted by Crippen LogP contribution is 2.27. The van der Waals surface area contributed by atoms with Crippen molar-refractivity contribution < 1.29 is 5.11 Å². The first kappa shape index (κ1) is 9.01. The van der Waals surface area contributed by atoms with Gasteiger partial charge in [-0.2, -0.15) is 0 Å². The maximum Gasteiger partial charge on any atom is 0.0954 e. The van der Waals surface area contributed by atoms with E-state index in [-0.39, 0.29) is 6.73 Å². The molecular weight excluding hydrogens is 138 g/mol. The molecule has 0 spiro atoms. The predicted molar refractivity (Wildman–Crippen MR) is 46.3 cm³/mol. The van der Waals surface area contributed by atoms with Crippen LogP contribution < -0.4 is 0 Å². The molecule has 0 bridgehead atoms. The molecule has 1 saturated carbocycles. The van der Waals surface area contributed by atoms with Crippen LogP contribution in [0.4, 0.5) is 0 Å². The zero-order valence-corrected chi connectivity index (χ0v) is 7.42. The van der Waals surface area contributed by atoms with Gasteiger partial charge in [-0.05, 0) is 19.4 Å². The maximum absolute atomic E-state index is 8.73. The monoisotopic (exact) mass is 157 g/mol. The van der Waals surface area contributed by atoms with Gasteiger partial charge in [-0.3, -0.25) is 4.90 Å². The molecule has 0 aromatic carbocycles. The van der Waals surface area contributed by atoms with Crippen LogP contribution in [0.2, 0.25) is 0 Å². The first-order valence-corrected chi connectivity index (χ1v) is 4.62. The molecule has 0 aliphatic heterocycles. The molecule has 2 heteroatoms. The first-order valence-electron chi connectivity index (χ1n) is 4.62. The molecule has 2 nitrogen and oxygen atoms in total. The number of aliphatic hydroxyl groups is 1. The van der Waals surface area contributed by atoms with Gasteiger partial charge >= 0.3 is 0 Å². The third kappa shape index (κ3) is 3.21. The lowest BCUT2D eigenvalue weighted by Gasteiger charge is -2.15. The Balaban J connectivity index is 2.01. The van der Waals surface area contributed by atoms with E-state index in [2.05, 4.69) is 0 Å². The highest BCUT2D eigenvalue weighted by atomic mass is 16.3. The summed E-state index contributed by atoms with van der Waals surface area (Å²) in [6, 6.07) is 0. The summed E-state index contributed by atoms with van der Waals surface area (Å²) < 4.78 is 0. The van der Waals surface area contributed by atoms with Gasteiger partial charge in [-0.25, -0.2) is 0 Å². The van der Waals surface area contributed by atoms with Gasteiger partial charge in [0.05, 0.1) is 6.73 Å². The van der Waals surface area contributed by atoms with Crippen molar-refractivity contribution >= 4 is 0 Å². The molecule has 0 heterocycles. The summed E-state index contributed by atoms with van der Waals surface area (Å²) in [5.41, 5.74) is 0. The zero-order valence-electron chi connectivity index (χ0n) is 7.42. The van der Waals surface area contributed by atoms with E-state index in [1.165, 1.54) is 32.1 Å². The molecule has 1 fully saturated rings. The minimum absolute atomic E-state index is 0.201. The Morgan fingerprint density at radius 2 is 2.00 bits per heavy atom. The van der Waals surface area contributed by atoms with Gasteiger partial charge in [0.1, 0.15) is 0 Å². The molecule has 0 amide bonds. The molecule has 0 aromatic heterocycles. The van der Waals surface area contributed by atoms with E-state index < -0.39 is 0 Å². The van der Waals surface area contributed by atoms with Crippen LogP contribution in [0.1, 0.15) is 32.1 Å².